The summed E-state index contributed by atoms with van der Waals surface area (Å²) in [6, 6.07) is 0. The normalized spacial score (nSPS) is 50.2. The standard InChI is InChI=1S/C24H38O6/c1-23-9-8-14(25)10-13(23)11-19(27)22-16-5-4-15(18(26)6-7-21(29)30-3)24(16,2)20(28)12-17(22)23/h13-17,19-20,22,25,27-28H,4-12H2,1-3H3/t13-,14+,15+,16-,17-,19-,20-,22-,23+,24+/m1/s1. The second-order valence-electron chi connectivity index (χ2n) is 11.0. The van der Waals surface area contributed by atoms with E-state index in [-0.39, 0.29) is 65.7 Å². The Kier molecular flexibility index (Phi) is 5.82. The summed E-state index contributed by atoms with van der Waals surface area (Å²) in [5, 5.41) is 32.8. The maximum Gasteiger partial charge on any atom is 0.305 e. The van der Waals surface area contributed by atoms with Crippen molar-refractivity contribution >= 4 is 11.8 Å². The van der Waals surface area contributed by atoms with Crippen LogP contribution < -0.4 is 0 Å². The van der Waals surface area contributed by atoms with E-state index in [0.717, 1.165) is 25.7 Å². The van der Waals surface area contributed by atoms with E-state index in [1.807, 2.05) is 6.92 Å². The lowest BCUT2D eigenvalue weighted by atomic mass is 9.43. The number of aliphatic hydroxyl groups excluding tert-OH is 3. The predicted molar refractivity (Wildman–Crippen MR) is 110 cm³/mol. The second-order valence-corrected chi connectivity index (χ2v) is 11.0. The van der Waals surface area contributed by atoms with Gasteiger partial charge in [-0.15, -0.1) is 0 Å². The number of ether oxygens (including phenoxy) is 1. The van der Waals surface area contributed by atoms with Crippen LogP contribution in [0.2, 0.25) is 0 Å². The molecule has 4 aliphatic rings. The van der Waals surface area contributed by atoms with E-state index in [2.05, 4.69) is 11.7 Å². The van der Waals surface area contributed by atoms with Gasteiger partial charge in [0.15, 0.2) is 0 Å². The molecule has 30 heavy (non-hydrogen) atoms. The Hall–Kier alpha value is -0.980. The topological polar surface area (TPSA) is 104 Å². The molecule has 0 amide bonds. The third-order valence-electron chi connectivity index (χ3n) is 9.96. The number of fused-ring (bicyclic) bond motifs is 5. The number of aliphatic hydroxyl groups is 3. The van der Waals surface area contributed by atoms with Crippen LogP contribution in [0.25, 0.3) is 0 Å². The summed E-state index contributed by atoms with van der Waals surface area (Å²) in [4.78, 5) is 24.5. The molecule has 4 aliphatic carbocycles. The third kappa shape index (κ3) is 3.25. The van der Waals surface area contributed by atoms with Crippen LogP contribution in [0, 0.1) is 40.4 Å². The highest BCUT2D eigenvalue weighted by Crippen LogP contribution is 2.67. The van der Waals surface area contributed by atoms with Gasteiger partial charge < -0.3 is 20.1 Å². The van der Waals surface area contributed by atoms with Crippen LogP contribution >= 0.6 is 0 Å². The number of esters is 1. The Labute approximate surface area is 179 Å². The SMILES string of the molecule is COC(=O)CCC(=O)[C@@H]1CC[C@@H]2[C@H]3[C@H](O)C[C@H]4C[C@@H](O)CC[C@]4(C)[C@@H]3C[C@@H](O)[C@]21C. The van der Waals surface area contributed by atoms with Crippen LogP contribution in [0.3, 0.4) is 0 Å². The highest BCUT2D eigenvalue weighted by molar-refractivity contribution is 5.85. The van der Waals surface area contributed by atoms with E-state index < -0.39 is 17.6 Å². The number of hydrogen-bond acceptors (Lipinski definition) is 6. The molecule has 0 heterocycles. The van der Waals surface area contributed by atoms with Crippen molar-refractivity contribution in [1.29, 1.82) is 0 Å². The lowest BCUT2D eigenvalue weighted by molar-refractivity contribution is -0.204. The van der Waals surface area contributed by atoms with Crippen molar-refractivity contribution < 1.29 is 29.6 Å². The molecule has 10 atom stereocenters. The molecule has 0 radical (unpaired) electrons. The molecule has 0 bridgehead atoms. The summed E-state index contributed by atoms with van der Waals surface area (Å²) in [7, 11) is 1.33. The molecule has 0 saturated heterocycles. The van der Waals surface area contributed by atoms with Gasteiger partial charge in [0, 0.05) is 17.8 Å². The molecule has 0 aromatic heterocycles. The number of hydrogen-bond donors (Lipinski definition) is 3. The molecule has 6 heteroatoms. The van der Waals surface area contributed by atoms with Gasteiger partial charge >= 0.3 is 5.97 Å². The second kappa shape index (κ2) is 7.86. The number of Topliss-reactive ketones (excluding diaryl/α,β-unsaturated/α-hetero) is 1. The summed E-state index contributed by atoms with van der Waals surface area (Å²) in [6.45, 7) is 4.34. The van der Waals surface area contributed by atoms with Gasteiger partial charge in [-0.2, -0.15) is 0 Å². The Morgan fingerprint density at radius 1 is 0.967 bits per heavy atom. The highest BCUT2D eigenvalue weighted by atomic mass is 16.5. The quantitative estimate of drug-likeness (QED) is 0.601. The maximum atomic E-state index is 13.0. The first-order chi connectivity index (χ1) is 14.1. The van der Waals surface area contributed by atoms with Gasteiger partial charge in [-0.05, 0) is 74.0 Å². The van der Waals surface area contributed by atoms with Crippen molar-refractivity contribution in [2.75, 3.05) is 7.11 Å². The number of carbonyl (C=O) groups is 2. The predicted octanol–water partition coefficient (Wildman–Crippen LogP) is 2.47. The van der Waals surface area contributed by atoms with Crippen molar-refractivity contribution in [3.63, 3.8) is 0 Å². The molecule has 170 valence electrons. The molecule has 4 saturated carbocycles. The molecule has 4 fully saturated rings. The van der Waals surface area contributed by atoms with E-state index in [4.69, 9.17) is 0 Å². The Morgan fingerprint density at radius 2 is 1.70 bits per heavy atom. The fourth-order valence-corrected chi connectivity index (χ4v) is 8.20. The van der Waals surface area contributed by atoms with E-state index in [9.17, 15) is 24.9 Å². The fourth-order valence-electron chi connectivity index (χ4n) is 8.20. The molecule has 6 nitrogen and oxygen atoms in total. The minimum Gasteiger partial charge on any atom is -0.469 e. The zero-order chi connectivity index (χ0) is 21.8. The molecule has 0 aromatic rings. The van der Waals surface area contributed by atoms with Crippen molar-refractivity contribution in [2.45, 2.75) is 89.9 Å². The number of carbonyl (C=O) groups excluding carboxylic acids is 2. The van der Waals surface area contributed by atoms with Gasteiger partial charge in [-0.25, -0.2) is 0 Å². The summed E-state index contributed by atoms with van der Waals surface area (Å²) in [5.41, 5.74) is -0.523. The molecule has 0 aliphatic heterocycles. The average Bonchev–Trinajstić information content (AvgIpc) is 3.06. The van der Waals surface area contributed by atoms with Gasteiger partial charge in [0.25, 0.3) is 0 Å². The van der Waals surface area contributed by atoms with E-state index in [1.54, 1.807) is 0 Å². The maximum absolute atomic E-state index is 13.0. The van der Waals surface area contributed by atoms with Crippen LogP contribution in [0.15, 0.2) is 0 Å². The average molecular weight is 423 g/mol. The largest absolute Gasteiger partial charge is 0.469 e. The van der Waals surface area contributed by atoms with Crippen molar-refractivity contribution in [1.82, 2.24) is 0 Å². The molecular weight excluding hydrogens is 384 g/mol. The smallest absolute Gasteiger partial charge is 0.305 e. The van der Waals surface area contributed by atoms with Crippen LogP contribution in [0.5, 0.6) is 0 Å². The van der Waals surface area contributed by atoms with E-state index in [1.165, 1.54) is 7.11 Å². The summed E-state index contributed by atoms with van der Waals surface area (Å²) in [5.74, 6) is 0.0931. The molecule has 0 unspecified atom stereocenters. The first-order valence-corrected chi connectivity index (χ1v) is 11.8. The Morgan fingerprint density at radius 3 is 2.40 bits per heavy atom. The van der Waals surface area contributed by atoms with Gasteiger partial charge in [0.1, 0.15) is 5.78 Å². The third-order valence-corrected chi connectivity index (χ3v) is 9.96. The van der Waals surface area contributed by atoms with E-state index in [0.29, 0.717) is 19.3 Å². The summed E-state index contributed by atoms with van der Waals surface area (Å²) >= 11 is 0. The zero-order valence-corrected chi connectivity index (χ0v) is 18.5. The van der Waals surface area contributed by atoms with E-state index >= 15 is 0 Å². The number of methoxy groups -OCH3 is 1. The summed E-state index contributed by atoms with van der Waals surface area (Å²) < 4.78 is 4.68. The fraction of sp³-hybridized carbons (Fsp3) is 0.917. The Bertz CT molecular complexity index is 693. The lowest BCUT2D eigenvalue weighted by Gasteiger charge is -2.63. The lowest BCUT2D eigenvalue weighted by Crippen LogP contribution is -2.62. The van der Waals surface area contributed by atoms with Gasteiger partial charge in [0.05, 0.1) is 31.8 Å². The minimum absolute atomic E-state index is 0.0262. The first-order valence-electron chi connectivity index (χ1n) is 11.8. The summed E-state index contributed by atoms with van der Waals surface area (Å²) in [6.07, 6.45) is 4.25. The van der Waals surface area contributed by atoms with Crippen LogP contribution in [0.4, 0.5) is 0 Å². The first kappa shape index (κ1) is 22.2. The monoisotopic (exact) mass is 422 g/mol. The van der Waals surface area contributed by atoms with Gasteiger partial charge in [0.2, 0.25) is 0 Å². The molecular formula is C24H38O6. The number of ketones is 1. The van der Waals surface area contributed by atoms with Crippen molar-refractivity contribution in [3.05, 3.63) is 0 Å². The molecule has 0 aromatic carbocycles. The van der Waals surface area contributed by atoms with Crippen molar-refractivity contribution in [2.24, 2.45) is 40.4 Å². The van der Waals surface area contributed by atoms with Gasteiger partial charge in [-0.1, -0.05) is 13.8 Å². The van der Waals surface area contributed by atoms with Crippen LogP contribution in [0.1, 0.15) is 71.6 Å². The number of rotatable bonds is 4. The van der Waals surface area contributed by atoms with Crippen LogP contribution in [-0.4, -0.2) is 52.5 Å². The molecule has 3 N–H and O–H groups in total. The zero-order valence-electron chi connectivity index (χ0n) is 18.5. The highest BCUT2D eigenvalue weighted by Gasteiger charge is 2.66. The van der Waals surface area contributed by atoms with Gasteiger partial charge in [-0.3, -0.25) is 9.59 Å². The van der Waals surface area contributed by atoms with Crippen molar-refractivity contribution in [3.8, 4) is 0 Å². The minimum atomic E-state index is -0.590. The van der Waals surface area contributed by atoms with Crippen LogP contribution in [-0.2, 0) is 14.3 Å². The molecule has 4 rings (SSSR count). The Balaban J connectivity index is 1.59. The molecule has 0 spiro atoms.